The number of allylic oxidation sites excluding steroid dienone is 4. The molecule has 0 aliphatic heterocycles. The Labute approximate surface area is 207 Å². The summed E-state index contributed by atoms with van der Waals surface area (Å²) in [5, 5.41) is 21.2. The monoisotopic (exact) mass is 510 g/mol. The molecule has 1 aromatic carbocycles. The summed E-state index contributed by atoms with van der Waals surface area (Å²) in [6, 6.07) is 7.07. The molecule has 2 unspecified atom stereocenters. The first-order valence-corrected chi connectivity index (χ1v) is 12.6. The molecule has 196 valence electrons. The zero-order valence-electron chi connectivity index (χ0n) is 20.3. The fourth-order valence-electron chi connectivity index (χ4n) is 7.72. The number of hydrogen-bond acceptors (Lipinski definition) is 3. The molecule has 2 fully saturated rings. The Hall–Kier alpha value is -2.06. The normalized spacial score (nSPS) is 35.6. The summed E-state index contributed by atoms with van der Waals surface area (Å²) in [6.07, 6.45) is -3.49. The van der Waals surface area contributed by atoms with E-state index in [1.54, 1.807) is 37.3 Å². The molecule has 2 N–H and O–H groups in total. The van der Waals surface area contributed by atoms with Gasteiger partial charge in [-0.1, -0.05) is 36.8 Å². The number of aliphatic hydroxyl groups is 2. The van der Waals surface area contributed by atoms with Crippen molar-refractivity contribution in [3.05, 3.63) is 58.2 Å². The van der Waals surface area contributed by atoms with Crippen molar-refractivity contribution in [3.63, 3.8) is 0 Å². The van der Waals surface area contributed by atoms with Crippen LogP contribution in [0.5, 0.6) is 0 Å². The quantitative estimate of drug-likeness (QED) is 0.453. The average Bonchev–Trinajstić information content (AvgIpc) is 3.09. The van der Waals surface area contributed by atoms with Crippen LogP contribution in [0.1, 0.15) is 81.9 Å². The second-order valence-electron chi connectivity index (χ2n) is 11.3. The van der Waals surface area contributed by atoms with Gasteiger partial charge in [0.05, 0.1) is 6.10 Å². The van der Waals surface area contributed by atoms with E-state index in [0.717, 1.165) is 22.3 Å². The van der Waals surface area contributed by atoms with E-state index in [1.165, 1.54) is 6.92 Å². The lowest BCUT2D eigenvalue weighted by atomic mass is 9.50. The number of alkyl halides is 5. The number of ketones is 1. The Kier molecular flexibility index (Phi) is 5.84. The van der Waals surface area contributed by atoms with Crippen LogP contribution in [0.2, 0.25) is 0 Å². The molecule has 0 heterocycles. The fraction of sp³-hybridized carbons (Fsp3) is 0.607. The van der Waals surface area contributed by atoms with Gasteiger partial charge < -0.3 is 10.2 Å². The van der Waals surface area contributed by atoms with E-state index in [-0.39, 0.29) is 24.5 Å². The third kappa shape index (κ3) is 3.46. The minimum Gasteiger partial charge on any atom is -0.389 e. The molecule has 5 rings (SSSR count). The molecule has 0 amide bonds. The van der Waals surface area contributed by atoms with E-state index in [0.29, 0.717) is 31.2 Å². The van der Waals surface area contributed by atoms with Gasteiger partial charge in [-0.25, -0.2) is 0 Å². The molecule has 6 atom stereocenters. The molecule has 0 spiro atoms. The highest BCUT2D eigenvalue weighted by Crippen LogP contribution is 2.70. The molecule has 4 aliphatic rings. The van der Waals surface area contributed by atoms with E-state index in [9.17, 15) is 37.0 Å². The Morgan fingerprint density at radius 2 is 1.69 bits per heavy atom. The van der Waals surface area contributed by atoms with Crippen LogP contribution in [-0.4, -0.2) is 33.7 Å². The number of fused-ring (bicyclic) bond motifs is 4. The number of hydrogen-bond donors (Lipinski definition) is 2. The van der Waals surface area contributed by atoms with Gasteiger partial charge in [-0.2, -0.15) is 22.0 Å². The lowest BCUT2D eigenvalue weighted by Crippen LogP contribution is -2.65. The van der Waals surface area contributed by atoms with Gasteiger partial charge in [0.1, 0.15) is 5.60 Å². The van der Waals surface area contributed by atoms with Crippen molar-refractivity contribution < 1.29 is 37.0 Å². The molecule has 0 saturated heterocycles. The molecular formula is C28H31F5O3. The Morgan fingerprint density at radius 1 is 1.03 bits per heavy atom. The van der Waals surface area contributed by atoms with Gasteiger partial charge in [0, 0.05) is 17.8 Å². The molecule has 0 aromatic heterocycles. The summed E-state index contributed by atoms with van der Waals surface area (Å²) in [6.45, 7) is 3.04. The molecule has 1 aromatic rings. The van der Waals surface area contributed by atoms with Crippen LogP contribution in [-0.2, 0) is 4.79 Å². The van der Waals surface area contributed by atoms with E-state index >= 15 is 0 Å². The number of benzene rings is 1. The van der Waals surface area contributed by atoms with Crippen LogP contribution in [0.3, 0.4) is 0 Å². The largest absolute Gasteiger partial charge is 0.456 e. The van der Waals surface area contributed by atoms with Gasteiger partial charge >= 0.3 is 12.1 Å². The van der Waals surface area contributed by atoms with E-state index in [1.807, 2.05) is 0 Å². The van der Waals surface area contributed by atoms with Gasteiger partial charge in [-0.3, -0.25) is 4.79 Å². The van der Waals surface area contributed by atoms with Crippen LogP contribution in [0, 0.1) is 17.3 Å². The summed E-state index contributed by atoms with van der Waals surface area (Å²) in [5.74, 6) is -6.44. The minimum absolute atomic E-state index is 0.0475. The summed E-state index contributed by atoms with van der Waals surface area (Å²) in [4.78, 5) is 12.1. The van der Waals surface area contributed by atoms with E-state index in [2.05, 4.69) is 0 Å². The molecule has 36 heavy (non-hydrogen) atoms. The van der Waals surface area contributed by atoms with E-state index in [4.69, 9.17) is 0 Å². The Balaban J connectivity index is 1.68. The predicted molar refractivity (Wildman–Crippen MR) is 123 cm³/mol. The number of carbonyl (C=O) groups excluding carboxylic acids is 1. The Morgan fingerprint density at radius 3 is 2.31 bits per heavy atom. The van der Waals surface area contributed by atoms with Crippen LogP contribution < -0.4 is 0 Å². The Bertz CT molecular complexity index is 1130. The molecule has 3 nitrogen and oxygen atoms in total. The maximum absolute atomic E-state index is 15.0. The number of aliphatic hydroxyl groups excluding tert-OH is 1. The smallest absolute Gasteiger partial charge is 0.389 e. The standard InChI is InChI=1S/C28H31F5O3/c1-15(34)16-3-5-17(6-4-16)22-14-25(2)23(11-12-26(25,36)27(29,30)28(31,32)33)21-9-7-18-13-19(35)8-10-20(18)24(21)22/h3-6,13,15,21-23,34,36H,7-12,14H2,1-2H3/t15-,21?,22+,23?,25-,26-/m0/s1. The highest BCUT2D eigenvalue weighted by Gasteiger charge is 2.79. The maximum atomic E-state index is 15.0. The second-order valence-corrected chi connectivity index (χ2v) is 11.3. The first kappa shape index (κ1) is 25.6. The van der Waals surface area contributed by atoms with Crippen LogP contribution in [0.15, 0.2) is 47.1 Å². The average molecular weight is 511 g/mol. The first-order chi connectivity index (χ1) is 16.7. The molecule has 0 radical (unpaired) electrons. The summed E-state index contributed by atoms with van der Waals surface area (Å²) >= 11 is 0. The van der Waals surface area contributed by atoms with Crippen molar-refractivity contribution in [1.29, 1.82) is 0 Å². The lowest BCUT2D eigenvalue weighted by molar-refractivity contribution is -0.362. The van der Waals surface area contributed by atoms with Gasteiger partial charge in [-0.15, -0.1) is 0 Å². The third-order valence-corrected chi connectivity index (χ3v) is 9.58. The van der Waals surface area contributed by atoms with E-state index < -0.39 is 47.5 Å². The molecule has 2 saturated carbocycles. The van der Waals surface area contributed by atoms with Crippen molar-refractivity contribution in [2.24, 2.45) is 17.3 Å². The zero-order valence-corrected chi connectivity index (χ0v) is 20.3. The summed E-state index contributed by atoms with van der Waals surface area (Å²) < 4.78 is 70.8. The van der Waals surface area contributed by atoms with Crippen LogP contribution in [0.25, 0.3) is 0 Å². The van der Waals surface area contributed by atoms with Crippen molar-refractivity contribution in [3.8, 4) is 0 Å². The number of halogens is 5. The third-order valence-electron chi connectivity index (χ3n) is 9.58. The predicted octanol–water partition coefficient (Wildman–Crippen LogP) is 6.57. The number of carbonyl (C=O) groups is 1. The summed E-state index contributed by atoms with van der Waals surface area (Å²) in [7, 11) is 0. The highest BCUT2D eigenvalue weighted by atomic mass is 19.4. The van der Waals surface area contributed by atoms with Crippen LogP contribution in [0.4, 0.5) is 22.0 Å². The fourth-order valence-corrected chi connectivity index (χ4v) is 7.72. The minimum atomic E-state index is -5.86. The van der Waals surface area contributed by atoms with Gasteiger partial charge in [0.15, 0.2) is 5.78 Å². The highest BCUT2D eigenvalue weighted by molar-refractivity contribution is 5.93. The van der Waals surface area contributed by atoms with Crippen LogP contribution >= 0.6 is 0 Å². The van der Waals surface area contributed by atoms with Crippen molar-refractivity contribution in [1.82, 2.24) is 0 Å². The number of rotatable bonds is 3. The molecule has 4 aliphatic carbocycles. The van der Waals surface area contributed by atoms with Crippen molar-refractivity contribution >= 4 is 5.78 Å². The van der Waals surface area contributed by atoms with Gasteiger partial charge in [0.25, 0.3) is 0 Å². The first-order valence-electron chi connectivity index (χ1n) is 12.6. The lowest BCUT2D eigenvalue weighted by Gasteiger charge is -2.56. The topological polar surface area (TPSA) is 57.5 Å². The van der Waals surface area contributed by atoms with Gasteiger partial charge in [-0.05, 0) is 85.6 Å². The molecule has 8 heteroatoms. The SMILES string of the molecule is C[C@H](O)c1ccc([C@H]2C[C@@]3(C)C(CC[C@@]3(O)C(F)(F)C(F)(F)F)C3CCC4=CC(=O)CCC4=C32)cc1. The second kappa shape index (κ2) is 8.22. The summed E-state index contributed by atoms with van der Waals surface area (Å²) in [5.41, 5.74) is -0.436. The van der Waals surface area contributed by atoms with Gasteiger partial charge in [0.2, 0.25) is 0 Å². The molecular weight excluding hydrogens is 479 g/mol. The maximum Gasteiger partial charge on any atom is 0.456 e. The van der Waals surface area contributed by atoms with Crippen molar-refractivity contribution in [2.45, 2.75) is 88.5 Å². The zero-order chi connectivity index (χ0) is 26.3. The molecule has 0 bridgehead atoms. The van der Waals surface area contributed by atoms with Crippen molar-refractivity contribution in [2.75, 3.05) is 0 Å².